The van der Waals surface area contributed by atoms with E-state index in [-0.39, 0.29) is 11.6 Å². The van der Waals surface area contributed by atoms with Crippen molar-refractivity contribution >= 4 is 10.9 Å². The van der Waals surface area contributed by atoms with Gasteiger partial charge in [-0.15, -0.1) is 0 Å². The molecule has 2 aromatic heterocycles. The molecule has 4 aromatic rings. The van der Waals surface area contributed by atoms with E-state index in [1.807, 2.05) is 18.3 Å². The van der Waals surface area contributed by atoms with E-state index in [0.29, 0.717) is 5.56 Å². The zero-order valence-electron chi connectivity index (χ0n) is 19.8. The Labute approximate surface area is 199 Å². The second-order valence-electron chi connectivity index (χ2n) is 9.44. The van der Waals surface area contributed by atoms with Crippen LogP contribution < -0.4 is 5.73 Å². The Morgan fingerprint density at radius 3 is 2.53 bits per heavy atom. The first-order chi connectivity index (χ1) is 16.3. The van der Waals surface area contributed by atoms with Gasteiger partial charge in [-0.05, 0) is 56.2 Å². The number of halogens is 1. The highest BCUT2D eigenvalue weighted by molar-refractivity contribution is 6.02. The molecule has 1 atom stereocenters. The van der Waals surface area contributed by atoms with Crippen LogP contribution in [-0.2, 0) is 13.6 Å². The summed E-state index contributed by atoms with van der Waals surface area (Å²) in [7, 11) is 2.05. The van der Waals surface area contributed by atoms with Crippen molar-refractivity contribution in [3.8, 4) is 28.5 Å². The molecule has 2 aromatic carbocycles. The van der Waals surface area contributed by atoms with Crippen molar-refractivity contribution in [3.63, 3.8) is 0 Å². The van der Waals surface area contributed by atoms with Crippen molar-refractivity contribution < 1.29 is 4.39 Å². The number of hydrogen-bond acceptors (Lipinski definition) is 4. The number of nitrogens with zero attached hydrogens (tertiary/aromatic N) is 4. The molecular weight excluding hydrogens is 425 g/mol. The molecule has 0 unspecified atom stereocenters. The fraction of sp³-hybridized carbons (Fsp3) is 0.286. The predicted molar refractivity (Wildman–Crippen MR) is 134 cm³/mol. The quantitative estimate of drug-likeness (QED) is 0.468. The second-order valence-corrected chi connectivity index (χ2v) is 9.44. The van der Waals surface area contributed by atoms with Crippen LogP contribution in [-0.4, -0.2) is 33.6 Å². The SMILES string of the molecule is Cc1cc(C)cc(-c2ncc3c(cc(CN4CC[C@H](N)C4)n3C)c2-c2ccc(C#N)c(F)c2)c1. The molecule has 2 N–H and O–H groups in total. The van der Waals surface area contributed by atoms with Crippen LogP contribution in [0.1, 0.15) is 28.8 Å². The number of rotatable bonds is 4. The first-order valence-electron chi connectivity index (χ1n) is 11.6. The predicted octanol–water partition coefficient (Wildman–Crippen LogP) is 5.07. The van der Waals surface area contributed by atoms with E-state index in [1.54, 1.807) is 6.07 Å². The van der Waals surface area contributed by atoms with E-state index in [0.717, 1.165) is 64.9 Å². The molecule has 172 valence electrons. The van der Waals surface area contributed by atoms with Gasteiger partial charge in [-0.1, -0.05) is 23.3 Å². The first kappa shape index (κ1) is 22.3. The molecule has 0 spiro atoms. The highest BCUT2D eigenvalue weighted by Gasteiger charge is 2.23. The summed E-state index contributed by atoms with van der Waals surface area (Å²) in [5.74, 6) is -0.523. The average Bonchev–Trinajstić information content (AvgIpc) is 3.35. The molecule has 0 bridgehead atoms. The monoisotopic (exact) mass is 453 g/mol. The molecule has 0 radical (unpaired) electrons. The Morgan fingerprint density at radius 1 is 1.12 bits per heavy atom. The zero-order chi connectivity index (χ0) is 24.0. The highest BCUT2D eigenvalue weighted by Crippen LogP contribution is 2.39. The topological polar surface area (TPSA) is 70.9 Å². The smallest absolute Gasteiger partial charge is 0.141 e. The van der Waals surface area contributed by atoms with Gasteiger partial charge in [0, 0.05) is 54.9 Å². The van der Waals surface area contributed by atoms with Crippen molar-refractivity contribution in [2.45, 2.75) is 32.9 Å². The molecule has 1 aliphatic rings. The maximum Gasteiger partial charge on any atom is 0.141 e. The summed E-state index contributed by atoms with van der Waals surface area (Å²) in [5.41, 5.74) is 14.0. The molecule has 5 rings (SSSR count). The number of aryl methyl sites for hydroxylation is 3. The molecule has 1 saturated heterocycles. The molecular formula is C28H28FN5. The molecule has 0 amide bonds. The Kier molecular flexibility index (Phi) is 5.68. The molecule has 1 aliphatic heterocycles. The summed E-state index contributed by atoms with van der Waals surface area (Å²) in [4.78, 5) is 7.26. The average molecular weight is 454 g/mol. The van der Waals surface area contributed by atoms with Crippen LogP contribution in [0.5, 0.6) is 0 Å². The van der Waals surface area contributed by atoms with Crippen molar-refractivity contribution in [3.05, 3.63) is 76.9 Å². The van der Waals surface area contributed by atoms with Crippen LogP contribution in [0.3, 0.4) is 0 Å². The number of likely N-dealkylation sites (tertiary alicyclic amines) is 1. The van der Waals surface area contributed by atoms with Crippen LogP contribution in [0.15, 0.2) is 48.7 Å². The second kappa shape index (κ2) is 8.68. The molecule has 1 fully saturated rings. The van der Waals surface area contributed by atoms with Gasteiger partial charge in [0.05, 0.1) is 23.0 Å². The van der Waals surface area contributed by atoms with Crippen LogP contribution in [0.25, 0.3) is 33.3 Å². The van der Waals surface area contributed by atoms with E-state index in [9.17, 15) is 9.65 Å². The third-order valence-electron chi connectivity index (χ3n) is 6.77. The Hall–Kier alpha value is -3.53. The Morgan fingerprint density at radius 2 is 1.88 bits per heavy atom. The number of nitriles is 1. The maximum absolute atomic E-state index is 14.7. The number of hydrogen-bond donors (Lipinski definition) is 1. The fourth-order valence-corrected chi connectivity index (χ4v) is 5.12. The van der Waals surface area contributed by atoms with E-state index < -0.39 is 5.82 Å². The van der Waals surface area contributed by atoms with Gasteiger partial charge in [0.25, 0.3) is 0 Å². The van der Waals surface area contributed by atoms with E-state index in [2.05, 4.69) is 54.6 Å². The van der Waals surface area contributed by atoms with Gasteiger partial charge in [-0.3, -0.25) is 9.88 Å². The van der Waals surface area contributed by atoms with Crippen molar-refractivity contribution in [2.24, 2.45) is 12.8 Å². The molecule has 34 heavy (non-hydrogen) atoms. The van der Waals surface area contributed by atoms with Gasteiger partial charge in [-0.2, -0.15) is 5.26 Å². The first-order valence-corrected chi connectivity index (χ1v) is 11.6. The van der Waals surface area contributed by atoms with Gasteiger partial charge in [0.15, 0.2) is 0 Å². The van der Waals surface area contributed by atoms with Crippen LogP contribution in [0.2, 0.25) is 0 Å². The Bertz CT molecular complexity index is 1430. The van der Waals surface area contributed by atoms with Gasteiger partial charge in [0.2, 0.25) is 0 Å². The van der Waals surface area contributed by atoms with Gasteiger partial charge >= 0.3 is 0 Å². The Balaban J connectivity index is 1.74. The number of nitrogens with two attached hydrogens (primary N) is 1. The van der Waals surface area contributed by atoms with E-state index >= 15 is 0 Å². The van der Waals surface area contributed by atoms with E-state index in [1.165, 1.54) is 11.8 Å². The van der Waals surface area contributed by atoms with Gasteiger partial charge in [-0.25, -0.2) is 4.39 Å². The lowest BCUT2D eigenvalue weighted by molar-refractivity contribution is 0.319. The fourth-order valence-electron chi connectivity index (χ4n) is 5.12. The summed E-state index contributed by atoms with van der Waals surface area (Å²) in [5, 5.41) is 10.2. The highest BCUT2D eigenvalue weighted by atomic mass is 19.1. The summed E-state index contributed by atoms with van der Waals surface area (Å²) < 4.78 is 16.9. The number of benzene rings is 2. The summed E-state index contributed by atoms with van der Waals surface area (Å²) >= 11 is 0. The largest absolute Gasteiger partial charge is 0.345 e. The number of aromatic nitrogens is 2. The zero-order valence-corrected chi connectivity index (χ0v) is 19.8. The minimum atomic E-state index is -0.523. The van der Waals surface area contributed by atoms with Crippen molar-refractivity contribution in [1.29, 1.82) is 5.26 Å². The summed E-state index contributed by atoms with van der Waals surface area (Å²) in [6.07, 6.45) is 2.92. The summed E-state index contributed by atoms with van der Waals surface area (Å²) in [6.45, 7) is 6.82. The number of fused-ring (bicyclic) bond motifs is 1. The summed E-state index contributed by atoms with van der Waals surface area (Å²) in [6, 6.07) is 15.5. The van der Waals surface area contributed by atoms with Crippen molar-refractivity contribution in [2.75, 3.05) is 13.1 Å². The lowest BCUT2D eigenvalue weighted by atomic mass is 9.94. The van der Waals surface area contributed by atoms with Crippen LogP contribution >= 0.6 is 0 Å². The lowest BCUT2D eigenvalue weighted by Gasteiger charge is -2.15. The molecule has 0 saturated carbocycles. The minimum Gasteiger partial charge on any atom is -0.345 e. The third-order valence-corrected chi connectivity index (χ3v) is 6.77. The van der Waals surface area contributed by atoms with Crippen LogP contribution in [0.4, 0.5) is 4.39 Å². The lowest BCUT2D eigenvalue weighted by Crippen LogP contribution is -2.26. The molecule has 0 aliphatic carbocycles. The van der Waals surface area contributed by atoms with E-state index in [4.69, 9.17) is 10.7 Å². The number of pyridine rings is 1. The van der Waals surface area contributed by atoms with Crippen molar-refractivity contribution in [1.82, 2.24) is 14.5 Å². The minimum absolute atomic E-state index is 0.0379. The third kappa shape index (κ3) is 3.98. The maximum atomic E-state index is 14.7. The molecule has 3 heterocycles. The van der Waals surface area contributed by atoms with Crippen LogP contribution in [0, 0.1) is 31.0 Å². The molecule has 6 heteroatoms. The van der Waals surface area contributed by atoms with Gasteiger partial charge < -0.3 is 10.3 Å². The van der Waals surface area contributed by atoms with Gasteiger partial charge in [0.1, 0.15) is 11.9 Å². The standard InChI is InChI=1S/C28H28FN5/c1-17-8-18(2)10-21(9-17)28-27(19-4-5-20(13-30)25(29)11-19)24-12-23(33(3)26(24)14-32-28)16-34-7-6-22(31)15-34/h4-5,8-12,14,22H,6-7,15-16,31H2,1-3H3/t22-/m0/s1. The normalized spacial score (nSPS) is 16.3. The molecule has 5 nitrogen and oxygen atoms in total.